The summed E-state index contributed by atoms with van der Waals surface area (Å²) >= 11 is 0. The quantitative estimate of drug-likeness (QED) is 0.815. The second-order valence-corrected chi connectivity index (χ2v) is 6.91. The molecule has 2 fully saturated rings. The number of hydrogen-bond acceptors (Lipinski definition) is 6. The van der Waals surface area contributed by atoms with Crippen molar-refractivity contribution in [3.05, 3.63) is 23.3 Å². The molecular weight excluding hydrogens is 320 g/mol. The average molecular weight is 344 g/mol. The number of aromatic nitrogens is 4. The minimum absolute atomic E-state index is 0.112. The zero-order valence-electron chi connectivity index (χ0n) is 14.8. The molecule has 0 bridgehead atoms. The lowest BCUT2D eigenvalue weighted by Crippen LogP contribution is -2.50. The molecule has 4 heterocycles. The molecule has 0 spiro atoms. The Bertz CT molecular complexity index is 775. The Balaban J connectivity index is 1.41. The van der Waals surface area contributed by atoms with E-state index < -0.39 is 0 Å². The summed E-state index contributed by atoms with van der Waals surface area (Å²) in [5.74, 6) is 0.603. The maximum atomic E-state index is 12.7. The maximum Gasteiger partial charge on any atom is 0.293 e. The van der Waals surface area contributed by atoms with E-state index in [0.29, 0.717) is 25.0 Å². The van der Waals surface area contributed by atoms with E-state index in [4.69, 9.17) is 4.74 Å². The third-order valence-corrected chi connectivity index (χ3v) is 4.95. The summed E-state index contributed by atoms with van der Waals surface area (Å²) in [5, 5.41) is 4.35. The first-order valence-electron chi connectivity index (χ1n) is 8.94. The number of hydrogen-bond donors (Lipinski definition) is 0. The summed E-state index contributed by atoms with van der Waals surface area (Å²) < 4.78 is 7.33. The predicted octanol–water partition coefficient (Wildman–Crippen LogP) is 0.678. The molecule has 1 amide bonds. The van der Waals surface area contributed by atoms with Crippen molar-refractivity contribution in [3.8, 4) is 0 Å². The Kier molecular flexibility index (Phi) is 4.39. The van der Waals surface area contributed by atoms with Crippen LogP contribution in [0.1, 0.15) is 34.8 Å². The molecule has 2 aromatic rings. The Morgan fingerprint density at radius 1 is 1.24 bits per heavy atom. The van der Waals surface area contributed by atoms with Crippen LogP contribution in [0.4, 0.5) is 0 Å². The molecular formula is C17H24N6O2. The van der Waals surface area contributed by atoms with Crippen LogP contribution in [0, 0.1) is 13.8 Å². The molecule has 8 heteroatoms. The van der Waals surface area contributed by atoms with Gasteiger partial charge in [-0.1, -0.05) is 0 Å². The van der Waals surface area contributed by atoms with E-state index in [1.54, 1.807) is 4.52 Å². The summed E-state index contributed by atoms with van der Waals surface area (Å²) in [5.41, 5.74) is 1.80. The number of nitrogens with zero attached hydrogens (tertiary/aromatic N) is 6. The monoisotopic (exact) mass is 344 g/mol. The van der Waals surface area contributed by atoms with Gasteiger partial charge < -0.3 is 9.64 Å². The largest absolute Gasteiger partial charge is 0.377 e. The molecule has 2 saturated heterocycles. The van der Waals surface area contributed by atoms with Gasteiger partial charge in [-0.2, -0.15) is 4.98 Å². The SMILES string of the molecule is Cc1cc(C)n2nc(C(=O)N3CCN(CC4CCCO4)CC3)nc2n1. The van der Waals surface area contributed by atoms with Crippen molar-refractivity contribution < 1.29 is 9.53 Å². The summed E-state index contributed by atoms with van der Waals surface area (Å²) in [6, 6.07) is 1.93. The molecule has 2 aromatic heterocycles. The van der Waals surface area contributed by atoms with Crippen LogP contribution in [0.5, 0.6) is 0 Å². The Hall–Kier alpha value is -2.06. The van der Waals surface area contributed by atoms with E-state index in [2.05, 4.69) is 20.0 Å². The topological polar surface area (TPSA) is 75.9 Å². The number of fused-ring (bicyclic) bond motifs is 1. The summed E-state index contributed by atoms with van der Waals surface area (Å²) in [6.45, 7) is 8.85. The van der Waals surface area contributed by atoms with Crippen molar-refractivity contribution >= 4 is 11.7 Å². The minimum Gasteiger partial charge on any atom is -0.377 e. The fourth-order valence-corrected chi connectivity index (χ4v) is 3.61. The highest BCUT2D eigenvalue weighted by Gasteiger charge is 2.27. The molecule has 1 unspecified atom stereocenters. The molecule has 0 N–H and O–H groups in total. The van der Waals surface area contributed by atoms with Crippen LogP contribution in [-0.2, 0) is 4.74 Å². The van der Waals surface area contributed by atoms with Crippen molar-refractivity contribution in [2.75, 3.05) is 39.3 Å². The van der Waals surface area contributed by atoms with E-state index in [-0.39, 0.29) is 11.7 Å². The highest BCUT2D eigenvalue weighted by Crippen LogP contribution is 2.15. The zero-order valence-corrected chi connectivity index (χ0v) is 14.8. The number of carbonyl (C=O) groups is 1. The van der Waals surface area contributed by atoms with Gasteiger partial charge in [-0.3, -0.25) is 9.69 Å². The van der Waals surface area contributed by atoms with Gasteiger partial charge in [0.05, 0.1) is 6.10 Å². The number of piperazine rings is 1. The van der Waals surface area contributed by atoms with Gasteiger partial charge >= 0.3 is 0 Å². The van der Waals surface area contributed by atoms with Crippen LogP contribution in [-0.4, -0.2) is 80.7 Å². The fraction of sp³-hybridized carbons (Fsp3) is 0.647. The van der Waals surface area contributed by atoms with E-state index in [1.165, 1.54) is 0 Å². The highest BCUT2D eigenvalue weighted by molar-refractivity contribution is 5.91. The van der Waals surface area contributed by atoms with E-state index in [0.717, 1.165) is 50.5 Å². The van der Waals surface area contributed by atoms with Crippen LogP contribution < -0.4 is 0 Å². The first kappa shape index (κ1) is 16.4. The Morgan fingerprint density at radius 3 is 2.76 bits per heavy atom. The van der Waals surface area contributed by atoms with Gasteiger partial charge in [0.25, 0.3) is 11.7 Å². The second kappa shape index (κ2) is 6.68. The average Bonchev–Trinajstić information content (AvgIpc) is 3.24. The molecule has 0 aliphatic carbocycles. The van der Waals surface area contributed by atoms with Crippen molar-refractivity contribution in [1.29, 1.82) is 0 Å². The molecule has 134 valence electrons. The summed E-state index contributed by atoms with van der Waals surface area (Å²) in [7, 11) is 0. The van der Waals surface area contributed by atoms with Crippen molar-refractivity contribution in [2.45, 2.75) is 32.8 Å². The van der Waals surface area contributed by atoms with Gasteiger partial charge in [0.2, 0.25) is 5.82 Å². The number of ether oxygens (including phenoxy) is 1. The molecule has 4 rings (SSSR count). The molecule has 0 saturated carbocycles. The summed E-state index contributed by atoms with van der Waals surface area (Å²) in [4.78, 5) is 25.6. The number of carbonyl (C=O) groups excluding carboxylic acids is 1. The van der Waals surface area contributed by atoms with Crippen LogP contribution in [0.25, 0.3) is 5.78 Å². The van der Waals surface area contributed by atoms with E-state index in [9.17, 15) is 4.79 Å². The Labute approximate surface area is 146 Å². The molecule has 25 heavy (non-hydrogen) atoms. The lowest BCUT2D eigenvalue weighted by molar-refractivity contribution is 0.0426. The van der Waals surface area contributed by atoms with Gasteiger partial charge in [0, 0.05) is 50.7 Å². The van der Waals surface area contributed by atoms with Crippen LogP contribution >= 0.6 is 0 Å². The van der Waals surface area contributed by atoms with Gasteiger partial charge in [-0.15, -0.1) is 5.10 Å². The first-order chi connectivity index (χ1) is 12.1. The fourth-order valence-electron chi connectivity index (χ4n) is 3.61. The van der Waals surface area contributed by atoms with Crippen LogP contribution in [0.3, 0.4) is 0 Å². The van der Waals surface area contributed by atoms with Gasteiger partial charge in [-0.05, 0) is 32.8 Å². The normalized spacial score (nSPS) is 22.0. The molecule has 0 aromatic carbocycles. The molecule has 0 radical (unpaired) electrons. The minimum atomic E-state index is -0.112. The Morgan fingerprint density at radius 2 is 2.04 bits per heavy atom. The first-order valence-corrected chi connectivity index (χ1v) is 8.94. The van der Waals surface area contributed by atoms with E-state index >= 15 is 0 Å². The molecule has 1 atom stereocenters. The highest BCUT2D eigenvalue weighted by atomic mass is 16.5. The van der Waals surface area contributed by atoms with Crippen molar-refractivity contribution in [3.63, 3.8) is 0 Å². The van der Waals surface area contributed by atoms with Crippen LogP contribution in [0.15, 0.2) is 6.07 Å². The molecule has 2 aliphatic rings. The second-order valence-electron chi connectivity index (χ2n) is 6.91. The van der Waals surface area contributed by atoms with E-state index in [1.807, 2.05) is 24.8 Å². The third kappa shape index (κ3) is 3.36. The van der Waals surface area contributed by atoms with Crippen molar-refractivity contribution in [2.24, 2.45) is 0 Å². The van der Waals surface area contributed by atoms with Gasteiger partial charge in [0.1, 0.15) is 0 Å². The zero-order chi connectivity index (χ0) is 17.4. The lowest BCUT2D eigenvalue weighted by atomic mass is 10.2. The maximum absolute atomic E-state index is 12.7. The number of rotatable bonds is 3. The van der Waals surface area contributed by atoms with Gasteiger partial charge in [0.15, 0.2) is 0 Å². The summed E-state index contributed by atoms with van der Waals surface area (Å²) in [6.07, 6.45) is 2.67. The molecule has 2 aliphatic heterocycles. The smallest absolute Gasteiger partial charge is 0.293 e. The van der Waals surface area contributed by atoms with Crippen molar-refractivity contribution in [1.82, 2.24) is 29.4 Å². The predicted molar refractivity (Wildman–Crippen MR) is 91.6 cm³/mol. The standard InChI is InChI=1S/C17H24N6O2/c1-12-10-13(2)23-17(18-12)19-15(20-23)16(24)22-7-5-21(6-8-22)11-14-4-3-9-25-14/h10,14H,3-9,11H2,1-2H3. The number of aryl methyl sites for hydroxylation is 2. The third-order valence-electron chi connectivity index (χ3n) is 4.95. The number of amides is 1. The lowest BCUT2D eigenvalue weighted by Gasteiger charge is -2.35. The molecule has 8 nitrogen and oxygen atoms in total. The van der Waals surface area contributed by atoms with Crippen LogP contribution in [0.2, 0.25) is 0 Å². The van der Waals surface area contributed by atoms with Gasteiger partial charge in [-0.25, -0.2) is 9.50 Å².